The molecule has 0 fully saturated rings. The predicted octanol–water partition coefficient (Wildman–Crippen LogP) is 5.33. The number of nitrogens with one attached hydrogen (secondary N) is 1. The van der Waals surface area contributed by atoms with Crippen molar-refractivity contribution in [1.29, 1.82) is 0 Å². The summed E-state index contributed by atoms with van der Waals surface area (Å²) in [5.74, 6) is 1.95. The van der Waals surface area contributed by atoms with E-state index in [0.717, 1.165) is 17.0 Å². The van der Waals surface area contributed by atoms with Crippen LogP contribution in [0.4, 0.5) is 23.0 Å². The van der Waals surface area contributed by atoms with Crippen molar-refractivity contribution in [2.45, 2.75) is 20.0 Å². The molecule has 4 aromatic rings. The zero-order valence-electron chi connectivity index (χ0n) is 18.3. The number of ether oxygens (including phenoxy) is 1. The summed E-state index contributed by atoms with van der Waals surface area (Å²) in [4.78, 5) is 11.1. The van der Waals surface area contributed by atoms with Crippen LogP contribution < -0.4 is 20.7 Å². The number of nitrogens with two attached hydrogens (primary N) is 1. The molecule has 0 aliphatic heterocycles. The summed E-state index contributed by atoms with van der Waals surface area (Å²) in [6, 6.07) is 26.5. The van der Waals surface area contributed by atoms with Crippen molar-refractivity contribution in [1.82, 2.24) is 9.97 Å². The summed E-state index contributed by atoms with van der Waals surface area (Å²) in [5.41, 5.74) is 11.4. The fraction of sp³-hybridized carbons (Fsp3) is 0.154. The van der Waals surface area contributed by atoms with Gasteiger partial charge in [-0.15, -0.1) is 0 Å². The van der Waals surface area contributed by atoms with Gasteiger partial charge in [-0.2, -0.15) is 0 Å². The van der Waals surface area contributed by atoms with Crippen LogP contribution in [-0.2, 0) is 13.1 Å². The molecule has 0 spiro atoms. The monoisotopic (exact) mass is 425 g/mol. The number of benzene rings is 3. The molecule has 1 aromatic heterocycles. The molecule has 0 amide bonds. The molecule has 0 unspecified atom stereocenters. The first-order chi connectivity index (χ1) is 15.6. The van der Waals surface area contributed by atoms with E-state index < -0.39 is 0 Å². The van der Waals surface area contributed by atoms with E-state index in [2.05, 4.69) is 44.5 Å². The topological polar surface area (TPSA) is 76.3 Å². The number of rotatable bonds is 8. The highest BCUT2D eigenvalue weighted by atomic mass is 16.5. The number of nitrogen functional groups attached to an aromatic ring is 1. The lowest BCUT2D eigenvalue weighted by Crippen LogP contribution is -2.24. The van der Waals surface area contributed by atoms with E-state index >= 15 is 0 Å². The van der Waals surface area contributed by atoms with Gasteiger partial charge in [-0.05, 0) is 35.7 Å². The van der Waals surface area contributed by atoms with E-state index in [1.807, 2.05) is 61.5 Å². The molecule has 0 saturated carbocycles. The van der Waals surface area contributed by atoms with Gasteiger partial charge in [-0.3, -0.25) is 0 Å². The Morgan fingerprint density at radius 1 is 0.875 bits per heavy atom. The van der Waals surface area contributed by atoms with Crippen LogP contribution in [0, 0.1) is 6.92 Å². The number of hydrogen-bond donors (Lipinski definition) is 2. The maximum absolute atomic E-state index is 6.60. The molecule has 6 heteroatoms. The second kappa shape index (κ2) is 9.83. The van der Waals surface area contributed by atoms with Gasteiger partial charge in [0.05, 0.1) is 12.8 Å². The Hall–Kier alpha value is -4.06. The lowest BCUT2D eigenvalue weighted by molar-refractivity contribution is 0.416. The molecule has 0 aliphatic carbocycles. The van der Waals surface area contributed by atoms with E-state index in [1.165, 1.54) is 11.1 Å². The highest BCUT2D eigenvalue weighted by Crippen LogP contribution is 2.34. The maximum atomic E-state index is 6.60. The molecule has 0 bridgehead atoms. The number of hydrogen-bond acceptors (Lipinski definition) is 6. The normalized spacial score (nSPS) is 10.6. The molecule has 162 valence electrons. The summed E-state index contributed by atoms with van der Waals surface area (Å²) in [6.45, 7) is 3.37. The van der Waals surface area contributed by atoms with E-state index in [0.29, 0.717) is 30.4 Å². The Balaban J connectivity index is 1.69. The van der Waals surface area contributed by atoms with Crippen molar-refractivity contribution in [3.63, 3.8) is 0 Å². The van der Waals surface area contributed by atoms with E-state index in [4.69, 9.17) is 10.5 Å². The zero-order valence-corrected chi connectivity index (χ0v) is 18.3. The van der Waals surface area contributed by atoms with Crippen LogP contribution in [0.5, 0.6) is 5.75 Å². The van der Waals surface area contributed by atoms with Gasteiger partial charge >= 0.3 is 0 Å². The second-order valence-corrected chi connectivity index (χ2v) is 7.62. The molecule has 0 aliphatic rings. The van der Waals surface area contributed by atoms with Crippen molar-refractivity contribution in [3.05, 3.63) is 102 Å². The molecule has 1 heterocycles. The van der Waals surface area contributed by atoms with Crippen molar-refractivity contribution in [2.75, 3.05) is 23.1 Å². The third kappa shape index (κ3) is 4.98. The Bertz CT molecular complexity index is 1120. The average molecular weight is 426 g/mol. The van der Waals surface area contributed by atoms with Crippen molar-refractivity contribution in [3.8, 4) is 5.75 Å². The molecule has 3 N–H and O–H groups in total. The first kappa shape index (κ1) is 21.2. The molecule has 4 rings (SSSR count). The third-order valence-corrected chi connectivity index (χ3v) is 5.20. The SMILES string of the molecule is COc1ccc(C)cc1Nc1ncnc(N(Cc2ccccc2)Cc2ccccc2)c1N. The highest BCUT2D eigenvalue weighted by molar-refractivity contribution is 5.80. The number of aryl methyl sites for hydroxylation is 1. The lowest BCUT2D eigenvalue weighted by Gasteiger charge is -2.26. The average Bonchev–Trinajstić information content (AvgIpc) is 2.82. The van der Waals surface area contributed by atoms with Gasteiger partial charge in [0.2, 0.25) is 0 Å². The molecule has 0 radical (unpaired) electrons. The summed E-state index contributed by atoms with van der Waals surface area (Å²) in [7, 11) is 1.64. The van der Waals surface area contributed by atoms with Crippen LogP contribution in [0.15, 0.2) is 85.2 Å². The minimum Gasteiger partial charge on any atom is -0.495 e. The predicted molar refractivity (Wildman–Crippen MR) is 130 cm³/mol. The smallest absolute Gasteiger partial charge is 0.159 e. The minimum atomic E-state index is 0.489. The van der Waals surface area contributed by atoms with E-state index in [9.17, 15) is 0 Å². The second-order valence-electron chi connectivity index (χ2n) is 7.62. The van der Waals surface area contributed by atoms with Crippen molar-refractivity contribution >= 4 is 23.0 Å². The van der Waals surface area contributed by atoms with Crippen LogP contribution >= 0.6 is 0 Å². The van der Waals surface area contributed by atoms with E-state index in [1.54, 1.807) is 13.4 Å². The summed E-state index contributed by atoms with van der Waals surface area (Å²) < 4.78 is 5.49. The van der Waals surface area contributed by atoms with Crippen LogP contribution in [0.2, 0.25) is 0 Å². The molecule has 0 atom stereocenters. The van der Waals surface area contributed by atoms with Crippen LogP contribution in [0.3, 0.4) is 0 Å². The molecular weight excluding hydrogens is 398 g/mol. The summed E-state index contributed by atoms with van der Waals surface area (Å²) in [6.07, 6.45) is 1.54. The quantitative estimate of drug-likeness (QED) is 0.398. The largest absolute Gasteiger partial charge is 0.495 e. The minimum absolute atomic E-state index is 0.489. The maximum Gasteiger partial charge on any atom is 0.159 e. The van der Waals surface area contributed by atoms with Gasteiger partial charge in [0.1, 0.15) is 17.8 Å². The van der Waals surface area contributed by atoms with Gasteiger partial charge in [-0.25, -0.2) is 9.97 Å². The number of anilines is 4. The zero-order chi connectivity index (χ0) is 22.3. The van der Waals surface area contributed by atoms with Crippen molar-refractivity contribution in [2.24, 2.45) is 0 Å². The molecular formula is C26H27N5O. The Kier molecular flexibility index (Phi) is 6.51. The lowest BCUT2D eigenvalue weighted by atomic mass is 10.1. The first-order valence-corrected chi connectivity index (χ1v) is 10.5. The highest BCUT2D eigenvalue weighted by Gasteiger charge is 2.17. The van der Waals surface area contributed by atoms with Gasteiger partial charge in [0, 0.05) is 13.1 Å². The van der Waals surface area contributed by atoms with Gasteiger partial charge < -0.3 is 20.7 Å². The number of methoxy groups -OCH3 is 1. The van der Waals surface area contributed by atoms with Crippen LogP contribution in [-0.4, -0.2) is 17.1 Å². The van der Waals surface area contributed by atoms with Gasteiger partial charge in [-0.1, -0.05) is 66.7 Å². The Labute approximate surface area is 188 Å². The number of aromatic nitrogens is 2. The van der Waals surface area contributed by atoms with E-state index in [-0.39, 0.29) is 0 Å². The van der Waals surface area contributed by atoms with Crippen LogP contribution in [0.25, 0.3) is 0 Å². The van der Waals surface area contributed by atoms with Gasteiger partial charge in [0.15, 0.2) is 11.6 Å². The molecule has 3 aromatic carbocycles. The van der Waals surface area contributed by atoms with Crippen molar-refractivity contribution < 1.29 is 4.74 Å². The third-order valence-electron chi connectivity index (χ3n) is 5.20. The molecule has 6 nitrogen and oxygen atoms in total. The van der Waals surface area contributed by atoms with Gasteiger partial charge in [0.25, 0.3) is 0 Å². The first-order valence-electron chi connectivity index (χ1n) is 10.5. The number of nitrogens with zero attached hydrogens (tertiary/aromatic N) is 3. The summed E-state index contributed by atoms with van der Waals surface area (Å²) >= 11 is 0. The summed E-state index contributed by atoms with van der Waals surface area (Å²) in [5, 5.41) is 3.33. The Morgan fingerprint density at radius 2 is 1.50 bits per heavy atom. The van der Waals surface area contributed by atoms with Crippen LogP contribution in [0.1, 0.15) is 16.7 Å². The Morgan fingerprint density at radius 3 is 2.09 bits per heavy atom. The standard InChI is InChI=1S/C26H27N5O/c1-19-13-14-23(32-2)22(15-19)30-25-24(27)26(29-18-28-25)31(16-20-9-5-3-6-10-20)17-21-11-7-4-8-12-21/h3-15,18H,16-17,27H2,1-2H3,(H,28,29,30). The fourth-order valence-corrected chi connectivity index (χ4v) is 3.60. The molecule has 32 heavy (non-hydrogen) atoms. The fourth-order valence-electron chi connectivity index (χ4n) is 3.60. The molecule has 0 saturated heterocycles.